The molecule has 0 saturated heterocycles. The van der Waals surface area contributed by atoms with Crippen molar-refractivity contribution < 1.29 is 0 Å². The smallest absolute Gasteiger partial charge is 0.0731 e. The summed E-state index contributed by atoms with van der Waals surface area (Å²) in [5, 5.41) is 0. The maximum absolute atomic E-state index is 2.41. The minimum Gasteiger partial charge on any atom is -0.338 e. The number of nitrogens with zero attached hydrogens (tertiary/aromatic N) is 1. The van der Waals surface area contributed by atoms with Gasteiger partial charge < -0.3 is 4.90 Å². The van der Waals surface area contributed by atoms with Crippen molar-refractivity contribution in [2.75, 3.05) is 11.4 Å². The lowest BCUT2D eigenvalue weighted by Gasteiger charge is -2.32. The molecule has 0 bridgehead atoms. The first-order chi connectivity index (χ1) is 27.8. The lowest BCUT2D eigenvalue weighted by molar-refractivity contribution is 0.796. The van der Waals surface area contributed by atoms with Crippen LogP contribution in [0.5, 0.6) is 0 Å². The summed E-state index contributed by atoms with van der Waals surface area (Å²) in [6, 6.07) is 73.4. The summed E-state index contributed by atoms with van der Waals surface area (Å²) in [4.78, 5) is 2.41. The van der Waals surface area contributed by atoms with Gasteiger partial charge in [-0.3, -0.25) is 0 Å². The third kappa shape index (κ3) is 5.39. The zero-order chi connectivity index (χ0) is 37.5. The normalized spacial score (nSPS) is 13.3. The van der Waals surface area contributed by atoms with Crippen LogP contribution in [0.2, 0.25) is 0 Å². The molecular weight excluding hydrogens is 675 g/mol. The summed E-state index contributed by atoms with van der Waals surface area (Å²) in [6.07, 6.45) is 6.71. The van der Waals surface area contributed by atoms with E-state index in [0.717, 1.165) is 17.9 Å². The summed E-state index contributed by atoms with van der Waals surface area (Å²) < 4.78 is 0. The number of hydrogen-bond donors (Lipinski definition) is 0. The summed E-state index contributed by atoms with van der Waals surface area (Å²) in [5.74, 6) is 0. The molecule has 10 rings (SSSR count). The maximum Gasteiger partial charge on any atom is 0.0731 e. The monoisotopic (exact) mass is 715 g/mol. The SMILES string of the molecule is C/C=C(\C=C/CN(c1ccc(-c2ccccc2)cc1)c1ccc(-c2cccc3c2C2(c4ccccc4-c4ccccc42)c2ccccc2-3)cc1)c1ccccc1. The molecule has 0 heterocycles. The largest absolute Gasteiger partial charge is 0.338 e. The van der Waals surface area contributed by atoms with Crippen LogP contribution in [0.1, 0.15) is 34.7 Å². The van der Waals surface area contributed by atoms with Gasteiger partial charge in [0.05, 0.1) is 5.41 Å². The fraction of sp³-hybridized carbons (Fsp3) is 0.0545. The van der Waals surface area contributed by atoms with Gasteiger partial charge in [-0.2, -0.15) is 0 Å². The first kappa shape index (κ1) is 33.6. The number of hydrogen-bond acceptors (Lipinski definition) is 1. The second-order valence-electron chi connectivity index (χ2n) is 14.7. The Balaban J connectivity index is 1.07. The molecule has 8 aromatic rings. The standard InChI is InChI=1S/C55H41N/c1-2-39(40-17-5-3-6-18-40)21-16-38-56(44-34-30-42(31-35-44)41-19-7-4-8-20-41)45-36-32-43(33-37-45)46-25-15-26-50-49-24-11-14-29-53(49)55(54(46)50)51-27-12-9-22-47(51)48-23-10-13-28-52(48)55/h2-37H,38H2,1H3/b21-16-,39-2+. The van der Waals surface area contributed by atoms with Gasteiger partial charge >= 0.3 is 0 Å². The van der Waals surface area contributed by atoms with Crippen molar-refractivity contribution in [2.24, 2.45) is 0 Å². The molecule has 0 amide bonds. The minimum absolute atomic E-state index is 0.394. The zero-order valence-corrected chi connectivity index (χ0v) is 31.4. The molecule has 56 heavy (non-hydrogen) atoms. The predicted molar refractivity (Wildman–Crippen MR) is 236 cm³/mol. The van der Waals surface area contributed by atoms with Crippen LogP contribution >= 0.6 is 0 Å². The first-order valence-electron chi connectivity index (χ1n) is 19.6. The highest BCUT2D eigenvalue weighted by molar-refractivity contribution is 5.98. The van der Waals surface area contributed by atoms with Crippen LogP contribution in [-0.4, -0.2) is 6.54 Å². The lowest BCUT2D eigenvalue weighted by Crippen LogP contribution is -2.26. The molecule has 266 valence electrons. The van der Waals surface area contributed by atoms with E-state index in [1.807, 2.05) is 0 Å². The quantitative estimate of drug-likeness (QED) is 0.142. The highest BCUT2D eigenvalue weighted by Gasteiger charge is 2.52. The Bertz CT molecular complexity index is 2690. The van der Waals surface area contributed by atoms with Crippen molar-refractivity contribution in [1.82, 2.24) is 0 Å². The van der Waals surface area contributed by atoms with Gasteiger partial charge in [0.1, 0.15) is 0 Å². The van der Waals surface area contributed by atoms with E-state index in [2.05, 4.69) is 230 Å². The van der Waals surface area contributed by atoms with Gasteiger partial charge in [0.2, 0.25) is 0 Å². The number of anilines is 2. The Morgan fingerprint density at radius 2 is 0.875 bits per heavy atom. The molecule has 0 N–H and O–H groups in total. The van der Waals surface area contributed by atoms with Crippen LogP contribution in [0, 0.1) is 0 Å². The Labute approximate surface area is 330 Å². The Morgan fingerprint density at radius 1 is 0.429 bits per heavy atom. The van der Waals surface area contributed by atoms with E-state index in [9.17, 15) is 0 Å². The van der Waals surface area contributed by atoms with Crippen molar-refractivity contribution in [3.63, 3.8) is 0 Å². The van der Waals surface area contributed by atoms with Gasteiger partial charge in [0.25, 0.3) is 0 Å². The van der Waals surface area contributed by atoms with Crippen molar-refractivity contribution in [3.05, 3.63) is 246 Å². The fourth-order valence-electron chi connectivity index (χ4n) is 9.32. The van der Waals surface area contributed by atoms with Gasteiger partial charge in [-0.15, -0.1) is 0 Å². The van der Waals surface area contributed by atoms with E-state index in [1.165, 1.54) is 77.9 Å². The summed E-state index contributed by atoms with van der Waals surface area (Å²) in [5.41, 5.74) is 20.0. The fourth-order valence-corrected chi connectivity index (χ4v) is 9.32. The lowest BCUT2D eigenvalue weighted by atomic mass is 9.68. The zero-order valence-electron chi connectivity index (χ0n) is 31.4. The van der Waals surface area contributed by atoms with Crippen LogP contribution in [-0.2, 0) is 5.41 Å². The van der Waals surface area contributed by atoms with E-state index in [-0.39, 0.29) is 0 Å². The van der Waals surface area contributed by atoms with Crippen LogP contribution in [0.25, 0.3) is 50.1 Å². The third-order valence-electron chi connectivity index (χ3n) is 11.8. The first-order valence-corrected chi connectivity index (χ1v) is 19.6. The van der Waals surface area contributed by atoms with Crippen molar-refractivity contribution >= 4 is 16.9 Å². The number of allylic oxidation sites excluding steroid dienone is 3. The van der Waals surface area contributed by atoms with Crippen molar-refractivity contribution in [2.45, 2.75) is 12.3 Å². The van der Waals surface area contributed by atoms with Crippen molar-refractivity contribution in [3.8, 4) is 44.5 Å². The highest BCUT2D eigenvalue weighted by Crippen LogP contribution is 2.64. The molecule has 0 unspecified atom stereocenters. The second kappa shape index (κ2) is 14.0. The molecule has 0 atom stereocenters. The maximum atomic E-state index is 2.41. The van der Waals surface area contributed by atoms with Crippen LogP contribution in [0.4, 0.5) is 11.4 Å². The molecule has 0 aliphatic heterocycles. The van der Waals surface area contributed by atoms with Gasteiger partial charge in [-0.1, -0.05) is 194 Å². The molecule has 8 aromatic carbocycles. The van der Waals surface area contributed by atoms with Gasteiger partial charge in [-0.05, 0) is 109 Å². The molecular formula is C55H41N. The number of benzene rings is 8. The average Bonchev–Trinajstić information content (AvgIpc) is 3.75. The van der Waals surface area contributed by atoms with Gasteiger partial charge in [-0.25, -0.2) is 0 Å². The molecule has 1 heteroatoms. The van der Waals surface area contributed by atoms with Crippen LogP contribution < -0.4 is 4.90 Å². The van der Waals surface area contributed by atoms with E-state index in [0.29, 0.717) is 0 Å². The number of rotatable bonds is 8. The molecule has 0 saturated carbocycles. The van der Waals surface area contributed by atoms with Crippen LogP contribution in [0.3, 0.4) is 0 Å². The molecule has 0 radical (unpaired) electrons. The molecule has 2 aliphatic rings. The van der Waals surface area contributed by atoms with E-state index in [1.54, 1.807) is 0 Å². The van der Waals surface area contributed by atoms with Gasteiger partial charge in [0.15, 0.2) is 0 Å². The highest BCUT2D eigenvalue weighted by atomic mass is 15.1. The summed E-state index contributed by atoms with van der Waals surface area (Å²) in [7, 11) is 0. The molecule has 0 fully saturated rings. The topological polar surface area (TPSA) is 3.24 Å². The Hall–Kier alpha value is -6.96. The Morgan fingerprint density at radius 3 is 1.45 bits per heavy atom. The minimum atomic E-state index is -0.394. The average molecular weight is 716 g/mol. The predicted octanol–water partition coefficient (Wildman–Crippen LogP) is 14.2. The van der Waals surface area contributed by atoms with E-state index < -0.39 is 5.41 Å². The van der Waals surface area contributed by atoms with Crippen LogP contribution in [0.15, 0.2) is 218 Å². The summed E-state index contributed by atoms with van der Waals surface area (Å²) >= 11 is 0. The molecule has 1 nitrogen and oxygen atoms in total. The van der Waals surface area contributed by atoms with Crippen molar-refractivity contribution in [1.29, 1.82) is 0 Å². The Kier molecular flexibility index (Phi) is 8.42. The van der Waals surface area contributed by atoms with E-state index in [4.69, 9.17) is 0 Å². The summed E-state index contributed by atoms with van der Waals surface area (Å²) in [6.45, 7) is 2.83. The molecule has 1 spiro atoms. The molecule has 0 aromatic heterocycles. The number of fused-ring (bicyclic) bond motifs is 10. The van der Waals surface area contributed by atoms with Gasteiger partial charge in [0, 0.05) is 17.9 Å². The van der Waals surface area contributed by atoms with E-state index >= 15 is 0 Å². The second-order valence-corrected chi connectivity index (χ2v) is 14.7. The third-order valence-corrected chi connectivity index (χ3v) is 11.8. The molecule has 2 aliphatic carbocycles.